The summed E-state index contributed by atoms with van der Waals surface area (Å²) in [5.41, 5.74) is 0.888. The monoisotopic (exact) mass is 401 g/mol. The van der Waals surface area contributed by atoms with Crippen molar-refractivity contribution in [3.63, 3.8) is 0 Å². The van der Waals surface area contributed by atoms with Crippen LogP contribution in [0.1, 0.15) is 45.2 Å². The fourth-order valence-corrected chi connectivity index (χ4v) is 4.49. The first-order valence-electron chi connectivity index (χ1n) is 11.1. The van der Waals surface area contributed by atoms with E-state index in [0.717, 1.165) is 70.6 Å². The van der Waals surface area contributed by atoms with Crippen molar-refractivity contribution in [2.24, 2.45) is 5.92 Å². The number of carbonyl (C=O) groups is 2. The van der Waals surface area contributed by atoms with E-state index in [-0.39, 0.29) is 17.9 Å². The number of nitrogens with one attached hydrogen (secondary N) is 1. The van der Waals surface area contributed by atoms with E-state index in [2.05, 4.69) is 15.2 Å². The number of amides is 3. The number of hydrogen-bond donors (Lipinski definition) is 1. The van der Waals surface area contributed by atoms with Crippen LogP contribution in [-0.4, -0.2) is 76.9 Å². The standard InChI is InChI=1S/C22H35N5O2/c1-3-25(4-2)22(29)26-14-10-20(11-15-26)27-13-7-8-18(17-27)21(28)24-16-19-9-5-6-12-23-19/h5-6,9,12,18,20H,3-4,7-8,10-11,13-17H2,1-2H3,(H,24,28)/t18-/m0/s1. The van der Waals surface area contributed by atoms with Gasteiger partial charge in [0.15, 0.2) is 0 Å². The quantitative estimate of drug-likeness (QED) is 0.794. The van der Waals surface area contributed by atoms with Crippen molar-refractivity contribution in [3.8, 4) is 0 Å². The van der Waals surface area contributed by atoms with E-state index in [0.29, 0.717) is 12.6 Å². The summed E-state index contributed by atoms with van der Waals surface area (Å²) >= 11 is 0. The summed E-state index contributed by atoms with van der Waals surface area (Å²) in [6, 6.07) is 6.39. The second kappa shape index (κ2) is 10.6. The van der Waals surface area contributed by atoms with E-state index in [9.17, 15) is 9.59 Å². The topological polar surface area (TPSA) is 68.8 Å². The molecule has 160 valence electrons. The van der Waals surface area contributed by atoms with E-state index >= 15 is 0 Å². The lowest BCUT2D eigenvalue weighted by atomic mass is 9.93. The minimum atomic E-state index is 0.0443. The number of carbonyl (C=O) groups excluding carboxylic acids is 2. The third kappa shape index (κ3) is 5.69. The van der Waals surface area contributed by atoms with Gasteiger partial charge < -0.3 is 15.1 Å². The summed E-state index contributed by atoms with van der Waals surface area (Å²) in [6.07, 6.45) is 5.75. The second-order valence-corrected chi connectivity index (χ2v) is 8.05. The lowest BCUT2D eigenvalue weighted by molar-refractivity contribution is -0.127. The molecule has 0 radical (unpaired) electrons. The molecule has 0 bridgehead atoms. The van der Waals surface area contributed by atoms with Crippen LogP contribution in [0.25, 0.3) is 0 Å². The van der Waals surface area contributed by atoms with Crippen LogP contribution >= 0.6 is 0 Å². The molecule has 2 saturated heterocycles. The average molecular weight is 402 g/mol. The maximum Gasteiger partial charge on any atom is 0.319 e. The zero-order valence-electron chi connectivity index (χ0n) is 17.8. The largest absolute Gasteiger partial charge is 0.350 e. The van der Waals surface area contributed by atoms with Crippen molar-refractivity contribution in [3.05, 3.63) is 30.1 Å². The summed E-state index contributed by atoms with van der Waals surface area (Å²) in [5.74, 6) is 0.178. The highest BCUT2D eigenvalue weighted by molar-refractivity contribution is 5.79. The van der Waals surface area contributed by atoms with Crippen LogP contribution in [0.2, 0.25) is 0 Å². The van der Waals surface area contributed by atoms with Crippen LogP contribution < -0.4 is 5.32 Å². The maximum absolute atomic E-state index is 12.7. The van der Waals surface area contributed by atoms with Crippen molar-refractivity contribution < 1.29 is 9.59 Å². The molecular weight excluding hydrogens is 366 g/mol. The molecule has 0 aromatic carbocycles. The smallest absolute Gasteiger partial charge is 0.319 e. The van der Waals surface area contributed by atoms with Gasteiger partial charge >= 0.3 is 6.03 Å². The van der Waals surface area contributed by atoms with Gasteiger partial charge in [0.2, 0.25) is 5.91 Å². The van der Waals surface area contributed by atoms with Gasteiger partial charge in [0.1, 0.15) is 0 Å². The molecule has 1 N–H and O–H groups in total. The van der Waals surface area contributed by atoms with Crippen molar-refractivity contribution in [2.75, 3.05) is 39.3 Å². The Bertz CT molecular complexity index is 656. The summed E-state index contributed by atoms with van der Waals surface area (Å²) in [7, 11) is 0. The molecule has 3 amide bonds. The third-order valence-corrected chi connectivity index (χ3v) is 6.28. The van der Waals surface area contributed by atoms with Crippen LogP contribution in [0, 0.1) is 5.92 Å². The molecule has 3 heterocycles. The van der Waals surface area contributed by atoms with Crippen molar-refractivity contribution >= 4 is 11.9 Å². The molecule has 1 aromatic rings. The molecule has 1 atom stereocenters. The molecule has 7 heteroatoms. The Morgan fingerprint density at radius 3 is 2.55 bits per heavy atom. The predicted molar refractivity (Wildman–Crippen MR) is 113 cm³/mol. The van der Waals surface area contributed by atoms with Crippen molar-refractivity contribution in [2.45, 2.75) is 52.1 Å². The summed E-state index contributed by atoms with van der Waals surface area (Å²) in [5, 5.41) is 3.05. The van der Waals surface area contributed by atoms with Gasteiger partial charge in [-0.15, -0.1) is 0 Å². The van der Waals surface area contributed by atoms with E-state index in [1.165, 1.54) is 0 Å². The van der Waals surface area contributed by atoms with E-state index in [1.54, 1.807) is 6.20 Å². The number of likely N-dealkylation sites (tertiary alicyclic amines) is 2. The molecule has 2 aliphatic heterocycles. The number of aromatic nitrogens is 1. The Morgan fingerprint density at radius 1 is 1.14 bits per heavy atom. The first-order valence-corrected chi connectivity index (χ1v) is 11.1. The molecule has 1 aromatic heterocycles. The van der Waals surface area contributed by atoms with E-state index in [4.69, 9.17) is 0 Å². The summed E-state index contributed by atoms with van der Waals surface area (Å²) < 4.78 is 0. The number of pyridine rings is 1. The highest BCUT2D eigenvalue weighted by atomic mass is 16.2. The molecule has 0 unspecified atom stereocenters. The van der Waals surface area contributed by atoms with Gasteiger partial charge in [-0.3, -0.25) is 14.7 Å². The van der Waals surface area contributed by atoms with Crippen LogP contribution in [0.4, 0.5) is 4.79 Å². The number of piperidine rings is 2. The lowest BCUT2D eigenvalue weighted by Gasteiger charge is -2.42. The molecule has 2 fully saturated rings. The lowest BCUT2D eigenvalue weighted by Crippen LogP contribution is -2.53. The fraction of sp³-hybridized carbons (Fsp3) is 0.682. The highest BCUT2D eigenvalue weighted by Crippen LogP contribution is 2.24. The minimum absolute atomic E-state index is 0.0443. The van der Waals surface area contributed by atoms with Gasteiger partial charge in [-0.1, -0.05) is 6.07 Å². The number of nitrogens with zero attached hydrogens (tertiary/aromatic N) is 4. The fourth-order valence-electron chi connectivity index (χ4n) is 4.49. The first-order chi connectivity index (χ1) is 14.1. The van der Waals surface area contributed by atoms with E-state index < -0.39 is 0 Å². The van der Waals surface area contributed by atoms with Crippen LogP contribution in [0.5, 0.6) is 0 Å². The van der Waals surface area contributed by atoms with Crippen LogP contribution in [0.3, 0.4) is 0 Å². The molecule has 2 aliphatic rings. The molecular formula is C22H35N5O2. The Balaban J connectivity index is 1.46. The Labute approximate surface area is 174 Å². The molecule has 0 aliphatic carbocycles. The number of urea groups is 1. The first kappa shape index (κ1) is 21.6. The minimum Gasteiger partial charge on any atom is -0.350 e. The van der Waals surface area contributed by atoms with Gasteiger partial charge in [0.05, 0.1) is 18.2 Å². The van der Waals surface area contributed by atoms with Gasteiger partial charge in [-0.2, -0.15) is 0 Å². The molecule has 7 nitrogen and oxygen atoms in total. The maximum atomic E-state index is 12.7. The molecule has 0 spiro atoms. The second-order valence-electron chi connectivity index (χ2n) is 8.05. The highest BCUT2D eigenvalue weighted by Gasteiger charge is 2.33. The Hall–Kier alpha value is -2.15. The predicted octanol–water partition coefficient (Wildman–Crippen LogP) is 2.34. The molecule has 0 saturated carbocycles. The van der Waals surface area contributed by atoms with Gasteiger partial charge in [-0.25, -0.2) is 4.79 Å². The third-order valence-electron chi connectivity index (χ3n) is 6.28. The van der Waals surface area contributed by atoms with Gasteiger partial charge in [-0.05, 0) is 58.2 Å². The molecule has 3 rings (SSSR count). The van der Waals surface area contributed by atoms with Crippen LogP contribution in [-0.2, 0) is 11.3 Å². The summed E-state index contributed by atoms with van der Waals surface area (Å²) in [4.78, 5) is 35.8. The number of rotatable bonds is 6. The Kier molecular flexibility index (Phi) is 7.86. The zero-order chi connectivity index (χ0) is 20.6. The zero-order valence-corrected chi connectivity index (χ0v) is 17.8. The normalized spacial score (nSPS) is 21.0. The van der Waals surface area contributed by atoms with Gasteiger partial charge in [0, 0.05) is 45.0 Å². The van der Waals surface area contributed by atoms with Crippen molar-refractivity contribution in [1.82, 2.24) is 25.0 Å². The summed E-state index contributed by atoms with van der Waals surface area (Å²) in [6.45, 7) is 9.57. The molecule has 29 heavy (non-hydrogen) atoms. The average Bonchev–Trinajstić information content (AvgIpc) is 2.79. The van der Waals surface area contributed by atoms with Crippen molar-refractivity contribution in [1.29, 1.82) is 0 Å². The number of hydrogen-bond acceptors (Lipinski definition) is 4. The SMILES string of the molecule is CCN(CC)C(=O)N1CCC(N2CCC[C@H](C(=O)NCc3ccccn3)C2)CC1. The van der Waals surface area contributed by atoms with E-state index in [1.807, 2.05) is 41.8 Å². The van der Waals surface area contributed by atoms with Crippen LogP contribution in [0.15, 0.2) is 24.4 Å². The van der Waals surface area contributed by atoms with Gasteiger partial charge in [0.25, 0.3) is 0 Å². The Morgan fingerprint density at radius 2 is 1.90 bits per heavy atom.